The predicted molar refractivity (Wildman–Crippen MR) is 141 cm³/mol. The van der Waals surface area contributed by atoms with E-state index in [2.05, 4.69) is 15.5 Å². The van der Waals surface area contributed by atoms with Crippen LogP contribution < -0.4 is 10.2 Å². The van der Waals surface area contributed by atoms with Crippen molar-refractivity contribution in [2.24, 2.45) is 10.2 Å². The first kappa shape index (κ1) is 22.9. The first-order valence-corrected chi connectivity index (χ1v) is 11.9. The molecule has 35 heavy (non-hydrogen) atoms. The number of fused-ring (bicyclic) bond motifs is 1. The van der Waals surface area contributed by atoms with Crippen LogP contribution in [0.3, 0.4) is 0 Å². The summed E-state index contributed by atoms with van der Waals surface area (Å²) in [7, 11) is 0. The number of phenols is 1. The van der Waals surface area contributed by atoms with Crippen LogP contribution in [0.1, 0.15) is 22.3 Å². The van der Waals surface area contributed by atoms with Gasteiger partial charge in [-0.2, -0.15) is 0 Å². The summed E-state index contributed by atoms with van der Waals surface area (Å²) in [5, 5.41) is 21.7. The molecule has 0 radical (unpaired) electrons. The fourth-order valence-corrected chi connectivity index (χ4v) is 4.95. The molecule has 0 atom stereocenters. The second kappa shape index (κ2) is 9.05. The monoisotopic (exact) mass is 502 g/mol. The molecule has 0 saturated carbocycles. The first-order valence-electron chi connectivity index (χ1n) is 10.7. The number of hydrogen-bond donors (Lipinski definition) is 2. The molecule has 2 aliphatic heterocycles. The molecule has 9 heteroatoms. The fourth-order valence-electron chi connectivity index (χ4n) is 3.85. The molecular formula is C26H19ClN4O3S. The average Bonchev–Trinajstić information content (AvgIpc) is 3.29. The van der Waals surface area contributed by atoms with Gasteiger partial charge in [0.05, 0.1) is 16.3 Å². The van der Waals surface area contributed by atoms with E-state index in [0.29, 0.717) is 32.0 Å². The minimum atomic E-state index is -0.390. The Labute approximate surface area is 210 Å². The van der Waals surface area contributed by atoms with E-state index in [1.54, 1.807) is 48.5 Å². The average molecular weight is 503 g/mol. The summed E-state index contributed by atoms with van der Waals surface area (Å²) in [6, 6.07) is 17.4. The smallest absolute Gasteiger partial charge is 0.276 e. The van der Waals surface area contributed by atoms with Crippen LogP contribution in [0.5, 0.6) is 5.75 Å². The number of rotatable bonds is 3. The highest BCUT2D eigenvalue weighted by Gasteiger charge is 2.36. The minimum absolute atomic E-state index is 0.125. The van der Waals surface area contributed by atoms with Gasteiger partial charge in [-0.3, -0.25) is 14.5 Å². The Hall–Kier alpha value is -3.88. The van der Waals surface area contributed by atoms with Crippen LogP contribution in [0.4, 0.5) is 11.4 Å². The number of aromatic hydroxyl groups is 1. The molecule has 2 amide bonds. The summed E-state index contributed by atoms with van der Waals surface area (Å²) in [5.74, 6) is -0.505. The van der Waals surface area contributed by atoms with Gasteiger partial charge in [0.2, 0.25) is 5.17 Å². The molecule has 5 rings (SSSR count). The van der Waals surface area contributed by atoms with E-state index < -0.39 is 0 Å². The Bertz CT molecular complexity index is 1480. The number of amidine groups is 1. The van der Waals surface area contributed by atoms with E-state index in [0.717, 1.165) is 28.5 Å². The number of amides is 2. The van der Waals surface area contributed by atoms with Crippen molar-refractivity contribution >= 4 is 63.5 Å². The Kier molecular flexibility index (Phi) is 5.92. The molecule has 174 valence electrons. The lowest BCUT2D eigenvalue weighted by Gasteiger charge is -2.17. The number of thioether (sulfide) groups is 1. The Morgan fingerprint density at radius 3 is 2.51 bits per heavy atom. The standard InChI is InChI=1S/C26H19ClN4O3S/c1-14-3-10-21(15(2)11-14)31-25(34)22(12-16-4-7-18(32)8-5-16)35-26(31)30-29-23-19-13-17(27)6-9-20(19)28-24(23)33/h3-13,32H,1-2H3,(H,28,29,33). The molecule has 7 nitrogen and oxygen atoms in total. The highest BCUT2D eigenvalue weighted by atomic mass is 35.5. The lowest BCUT2D eigenvalue weighted by molar-refractivity contribution is -0.113. The Morgan fingerprint density at radius 2 is 1.77 bits per heavy atom. The van der Waals surface area contributed by atoms with Gasteiger partial charge in [-0.25, -0.2) is 0 Å². The van der Waals surface area contributed by atoms with E-state index in [-0.39, 0.29) is 23.3 Å². The van der Waals surface area contributed by atoms with Gasteiger partial charge in [0, 0.05) is 10.6 Å². The van der Waals surface area contributed by atoms with Crippen LogP contribution in [-0.2, 0) is 9.59 Å². The maximum atomic E-state index is 13.5. The quantitative estimate of drug-likeness (QED) is 0.365. The zero-order valence-electron chi connectivity index (χ0n) is 18.7. The molecule has 3 aromatic carbocycles. The number of phenolic OH excluding ortho intramolecular Hbond substituents is 1. The third kappa shape index (κ3) is 4.45. The van der Waals surface area contributed by atoms with Crippen LogP contribution in [0.15, 0.2) is 75.8 Å². The van der Waals surface area contributed by atoms with Gasteiger partial charge in [0.15, 0.2) is 5.71 Å². The largest absolute Gasteiger partial charge is 0.508 e. The molecule has 3 aromatic rings. The van der Waals surface area contributed by atoms with Crippen molar-refractivity contribution in [2.75, 3.05) is 10.2 Å². The van der Waals surface area contributed by atoms with Crippen molar-refractivity contribution in [3.05, 3.63) is 92.8 Å². The van der Waals surface area contributed by atoms with Crippen molar-refractivity contribution in [3.8, 4) is 5.75 Å². The molecule has 1 fully saturated rings. The summed E-state index contributed by atoms with van der Waals surface area (Å²) < 4.78 is 0. The number of nitrogens with one attached hydrogen (secondary N) is 1. The summed E-state index contributed by atoms with van der Waals surface area (Å²) in [5.41, 5.74) is 4.69. The van der Waals surface area contributed by atoms with Crippen LogP contribution in [0.25, 0.3) is 6.08 Å². The van der Waals surface area contributed by atoms with Crippen molar-refractivity contribution in [1.29, 1.82) is 0 Å². The van der Waals surface area contributed by atoms with Crippen molar-refractivity contribution in [3.63, 3.8) is 0 Å². The molecule has 1 saturated heterocycles. The van der Waals surface area contributed by atoms with E-state index in [1.165, 1.54) is 4.90 Å². The molecule has 0 spiro atoms. The van der Waals surface area contributed by atoms with Gasteiger partial charge in [0.1, 0.15) is 5.75 Å². The van der Waals surface area contributed by atoms with Gasteiger partial charge in [-0.1, -0.05) is 41.4 Å². The Balaban J connectivity index is 1.59. The molecule has 0 unspecified atom stereocenters. The number of nitrogens with zero attached hydrogens (tertiary/aromatic N) is 3. The second-order valence-electron chi connectivity index (χ2n) is 8.11. The van der Waals surface area contributed by atoms with Crippen molar-refractivity contribution in [2.45, 2.75) is 13.8 Å². The molecule has 2 heterocycles. The number of anilines is 2. The number of benzene rings is 3. The van der Waals surface area contributed by atoms with Crippen LogP contribution >= 0.6 is 23.4 Å². The van der Waals surface area contributed by atoms with Crippen LogP contribution in [0, 0.1) is 13.8 Å². The summed E-state index contributed by atoms with van der Waals surface area (Å²) in [4.78, 5) is 27.9. The molecule has 0 bridgehead atoms. The number of hydrogen-bond acceptors (Lipinski definition) is 6. The molecule has 0 aromatic heterocycles. The lowest BCUT2D eigenvalue weighted by Crippen LogP contribution is -2.29. The molecule has 0 aliphatic carbocycles. The zero-order chi connectivity index (χ0) is 24.7. The highest BCUT2D eigenvalue weighted by molar-refractivity contribution is 8.19. The SMILES string of the molecule is Cc1ccc(N2C(=O)C(=Cc3ccc(O)cc3)SC2=NN=C2C(=O)Nc3ccc(Cl)cc32)c(C)c1. The lowest BCUT2D eigenvalue weighted by atomic mass is 10.1. The predicted octanol–water partition coefficient (Wildman–Crippen LogP) is 5.50. The van der Waals surface area contributed by atoms with Gasteiger partial charge in [-0.05, 0) is 79.2 Å². The highest BCUT2D eigenvalue weighted by Crippen LogP contribution is 2.38. The van der Waals surface area contributed by atoms with E-state index in [1.807, 2.05) is 32.0 Å². The summed E-state index contributed by atoms with van der Waals surface area (Å²) in [6.45, 7) is 3.91. The number of aryl methyl sites for hydroxylation is 2. The third-order valence-electron chi connectivity index (χ3n) is 5.53. The van der Waals surface area contributed by atoms with Crippen molar-refractivity contribution in [1.82, 2.24) is 0 Å². The van der Waals surface area contributed by atoms with Crippen LogP contribution in [-0.4, -0.2) is 27.8 Å². The Morgan fingerprint density at radius 1 is 1.00 bits per heavy atom. The van der Waals surface area contributed by atoms with Gasteiger partial charge in [-0.15, -0.1) is 10.2 Å². The molecule has 2 aliphatic rings. The van der Waals surface area contributed by atoms with Gasteiger partial charge < -0.3 is 10.4 Å². The summed E-state index contributed by atoms with van der Waals surface area (Å²) >= 11 is 7.27. The van der Waals surface area contributed by atoms with E-state index in [4.69, 9.17) is 11.6 Å². The fraction of sp³-hybridized carbons (Fsp3) is 0.0769. The number of carbonyl (C=O) groups is 2. The normalized spacial score (nSPS) is 18.6. The van der Waals surface area contributed by atoms with Crippen molar-refractivity contribution < 1.29 is 14.7 Å². The molecule has 2 N–H and O–H groups in total. The topological polar surface area (TPSA) is 94.4 Å². The molecular weight excluding hydrogens is 484 g/mol. The second-order valence-corrected chi connectivity index (χ2v) is 9.55. The number of halogens is 1. The third-order valence-corrected chi connectivity index (χ3v) is 6.72. The van der Waals surface area contributed by atoms with Gasteiger partial charge in [0.25, 0.3) is 11.8 Å². The van der Waals surface area contributed by atoms with Gasteiger partial charge >= 0.3 is 0 Å². The number of carbonyl (C=O) groups excluding carboxylic acids is 2. The maximum Gasteiger partial charge on any atom is 0.276 e. The first-order chi connectivity index (χ1) is 16.8. The maximum absolute atomic E-state index is 13.5. The van der Waals surface area contributed by atoms with E-state index >= 15 is 0 Å². The van der Waals surface area contributed by atoms with E-state index in [9.17, 15) is 14.7 Å². The zero-order valence-corrected chi connectivity index (χ0v) is 20.3. The minimum Gasteiger partial charge on any atom is -0.508 e. The van der Waals surface area contributed by atoms with Crippen LogP contribution in [0.2, 0.25) is 5.02 Å². The summed E-state index contributed by atoms with van der Waals surface area (Å²) in [6.07, 6.45) is 1.73.